The summed E-state index contributed by atoms with van der Waals surface area (Å²) in [5.74, 6) is -0.271. The first-order chi connectivity index (χ1) is 15.6. The number of nitrogens with zero attached hydrogens (tertiary/aromatic N) is 3. The van der Waals surface area contributed by atoms with Crippen LogP contribution in [0.1, 0.15) is 37.8 Å². The lowest BCUT2D eigenvalue weighted by molar-refractivity contribution is -0.134. The molecule has 1 atom stereocenters. The van der Waals surface area contributed by atoms with Crippen LogP contribution in [0.3, 0.4) is 0 Å². The van der Waals surface area contributed by atoms with Gasteiger partial charge < -0.3 is 15.2 Å². The van der Waals surface area contributed by atoms with E-state index in [4.69, 9.17) is 28.9 Å². The number of sulfonamides is 1. The van der Waals surface area contributed by atoms with Gasteiger partial charge in [-0.15, -0.1) is 0 Å². The Morgan fingerprint density at radius 1 is 1.21 bits per heavy atom. The summed E-state index contributed by atoms with van der Waals surface area (Å²) in [4.78, 5) is 15.0. The molecule has 2 heterocycles. The van der Waals surface area contributed by atoms with Crippen LogP contribution in [0.4, 0.5) is 5.69 Å². The number of benzene rings is 1. The molecule has 1 aromatic carbocycles. The van der Waals surface area contributed by atoms with Gasteiger partial charge in [0.25, 0.3) is 0 Å². The standard InChI is InChI=1S/C22H25Cl2N5O3S/c23-17-12-16(13-18(24)20(17)26)33(31,32)27-19(3-9-28-8-1-2-15(28)14-25)21(30)29-10-6-22(4-5-22)7-11-29/h1-2,8,12-13,19,27H,3-7,9-11,26H2. The number of nitrogen functional groups attached to an aromatic ring is 1. The van der Waals surface area contributed by atoms with E-state index in [1.165, 1.54) is 25.0 Å². The average Bonchev–Trinajstić information content (AvgIpc) is 3.38. The highest BCUT2D eigenvalue weighted by molar-refractivity contribution is 7.89. The minimum absolute atomic E-state index is 0.0162. The van der Waals surface area contributed by atoms with Crippen molar-refractivity contribution in [1.29, 1.82) is 5.26 Å². The molecule has 1 aromatic heterocycles. The topological polar surface area (TPSA) is 121 Å². The van der Waals surface area contributed by atoms with E-state index in [1.807, 2.05) is 0 Å². The van der Waals surface area contributed by atoms with Gasteiger partial charge in [0.15, 0.2) is 0 Å². The summed E-state index contributed by atoms with van der Waals surface area (Å²) in [6.07, 6.45) is 6.20. The van der Waals surface area contributed by atoms with E-state index < -0.39 is 16.1 Å². The number of aromatic nitrogens is 1. The number of carbonyl (C=O) groups is 1. The molecule has 1 saturated heterocycles. The molecule has 4 rings (SSSR count). The predicted molar refractivity (Wildman–Crippen MR) is 126 cm³/mol. The smallest absolute Gasteiger partial charge is 0.241 e. The molecular weight excluding hydrogens is 485 g/mol. The van der Waals surface area contributed by atoms with Crippen LogP contribution in [0.2, 0.25) is 10.0 Å². The van der Waals surface area contributed by atoms with Gasteiger partial charge in [0.05, 0.1) is 20.6 Å². The second-order valence-electron chi connectivity index (χ2n) is 8.79. The summed E-state index contributed by atoms with van der Waals surface area (Å²) in [7, 11) is -4.12. The molecule has 2 fully saturated rings. The van der Waals surface area contributed by atoms with Gasteiger partial charge in [0, 0.05) is 25.8 Å². The highest BCUT2D eigenvalue weighted by Crippen LogP contribution is 2.53. The Morgan fingerprint density at radius 3 is 2.42 bits per heavy atom. The maximum absolute atomic E-state index is 13.4. The van der Waals surface area contributed by atoms with E-state index in [0.29, 0.717) is 30.7 Å². The van der Waals surface area contributed by atoms with Crippen LogP contribution >= 0.6 is 23.2 Å². The van der Waals surface area contributed by atoms with Crippen LogP contribution in [-0.2, 0) is 21.4 Å². The Hall–Kier alpha value is -2.25. The van der Waals surface area contributed by atoms with Crippen LogP contribution in [0.5, 0.6) is 0 Å². The lowest BCUT2D eigenvalue weighted by Crippen LogP contribution is -2.51. The quantitative estimate of drug-likeness (QED) is 0.553. The summed E-state index contributed by atoms with van der Waals surface area (Å²) in [6, 6.07) is 6.90. The fraction of sp³-hybridized carbons (Fsp3) is 0.455. The molecule has 2 aliphatic rings. The van der Waals surface area contributed by atoms with Gasteiger partial charge >= 0.3 is 0 Å². The highest BCUT2D eigenvalue weighted by atomic mass is 35.5. The molecule has 3 N–H and O–H groups in total. The molecule has 1 saturated carbocycles. The number of rotatable bonds is 7. The highest BCUT2D eigenvalue weighted by Gasteiger charge is 2.45. The van der Waals surface area contributed by atoms with Crippen molar-refractivity contribution < 1.29 is 13.2 Å². The van der Waals surface area contributed by atoms with E-state index >= 15 is 0 Å². The largest absolute Gasteiger partial charge is 0.396 e. The maximum Gasteiger partial charge on any atom is 0.241 e. The lowest BCUT2D eigenvalue weighted by Gasteiger charge is -2.34. The molecule has 0 bridgehead atoms. The van der Waals surface area contributed by atoms with Gasteiger partial charge in [-0.1, -0.05) is 23.2 Å². The minimum atomic E-state index is -4.12. The van der Waals surface area contributed by atoms with Gasteiger partial charge in [-0.25, -0.2) is 8.42 Å². The summed E-state index contributed by atoms with van der Waals surface area (Å²) < 4.78 is 30.5. The van der Waals surface area contributed by atoms with Crippen molar-refractivity contribution in [3.63, 3.8) is 0 Å². The number of hydrogen-bond acceptors (Lipinski definition) is 5. The normalized spacial score (nSPS) is 18.2. The zero-order valence-corrected chi connectivity index (χ0v) is 20.3. The van der Waals surface area contributed by atoms with Crippen LogP contribution in [0, 0.1) is 16.7 Å². The van der Waals surface area contributed by atoms with Crippen molar-refractivity contribution in [2.24, 2.45) is 5.41 Å². The van der Waals surface area contributed by atoms with E-state index in [2.05, 4.69) is 10.8 Å². The molecule has 33 heavy (non-hydrogen) atoms. The lowest BCUT2D eigenvalue weighted by atomic mass is 9.93. The van der Waals surface area contributed by atoms with E-state index in [9.17, 15) is 18.5 Å². The molecule has 0 radical (unpaired) electrons. The molecular formula is C22H25Cl2N5O3S. The maximum atomic E-state index is 13.4. The number of nitrogens with one attached hydrogen (secondary N) is 1. The number of piperidine rings is 1. The second-order valence-corrected chi connectivity index (χ2v) is 11.3. The van der Waals surface area contributed by atoms with Crippen molar-refractivity contribution in [2.75, 3.05) is 18.8 Å². The van der Waals surface area contributed by atoms with Crippen LogP contribution in [0.15, 0.2) is 35.4 Å². The van der Waals surface area contributed by atoms with Gasteiger partial charge in [-0.2, -0.15) is 9.98 Å². The third-order valence-corrected chi connectivity index (χ3v) is 8.73. The number of halogens is 2. The van der Waals surface area contributed by atoms with Gasteiger partial charge in [-0.3, -0.25) is 4.79 Å². The summed E-state index contributed by atoms with van der Waals surface area (Å²) >= 11 is 12.1. The number of aryl methyl sites for hydroxylation is 1. The van der Waals surface area contributed by atoms with Gasteiger partial charge in [0.2, 0.25) is 15.9 Å². The second kappa shape index (κ2) is 9.18. The number of hydrogen-bond donors (Lipinski definition) is 2. The molecule has 1 aliphatic heterocycles. The van der Waals surface area contributed by atoms with E-state index in [0.717, 1.165) is 12.8 Å². The van der Waals surface area contributed by atoms with Gasteiger partial charge in [0.1, 0.15) is 17.8 Å². The molecule has 176 valence electrons. The number of nitrogens with two attached hydrogens (primary N) is 1. The SMILES string of the molecule is N#Cc1cccn1CCC(NS(=O)(=O)c1cc(Cl)c(N)c(Cl)c1)C(=O)N1CCC2(CC1)CC2. The molecule has 1 spiro atoms. The summed E-state index contributed by atoms with van der Waals surface area (Å²) in [6.45, 7) is 1.53. The van der Waals surface area contributed by atoms with Crippen LogP contribution < -0.4 is 10.5 Å². The Kier molecular flexibility index (Phi) is 6.65. The molecule has 1 amide bonds. The fourth-order valence-corrected chi connectivity index (χ4v) is 6.17. The summed E-state index contributed by atoms with van der Waals surface area (Å²) in [5, 5.41) is 9.29. The zero-order valence-electron chi connectivity index (χ0n) is 17.9. The first kappa shape index (κ1) is 23.9. The molecule has 11 heteroatoms. The van der Waals surface area contributed by atoms with Crippen LogP contribution in [0.25, 0.3) is 0 Å². The Bertz CT molecular complexity index is 1180. The zero-order chi connectivity index (χ0) is 23.8. The number of nitriles is 1. The monoisotopic (exact) mass is 509 g/mol. The minimum Gasteiger partial charge on any atom is -0.396 e. The number of amides is 1. The van der Waals surface area contributed by atoms with E-state index in [-0.39, 0.29) is 33.0 Å². The summed E-state index contributed by atoms with van der Waals surface area (Å²) in [5.41, 5.74) is 6.64. The first-order valence-corrected chi connectivity index (χ1v) is 13.0. The average molecular weight is 510 g/mol. The van der Waals surface area contributed by atoms with Crippen molar-refractivity contribution in [2.45, 2.75) is 49.6 Å². The molecule has 8 nitrogen and oxygen atoms in total. The number of anilines is 1. The third-order valence-electron chi connectivity index (χ3n) is 6.65. The Morgan fingerprint density at radius 2 is 1.85 bits per heavy atom. The van der Waals surface area contributed by atoms with Crippen LogP contribution in [-0.4, -0.2) is 42.9 Å². The predicted octanol–water partition coefficient (Wildman–Crippen LogP) is 3.39. The number of carbonyl (C=O) groups excluding carboxylic acids is 1. The Balaban J connectivity index is 1.56. The van der Waals surface area contributed by atoms with E-state index in [1.54, 1.807) is 27.8 Å². The Labute approximate surface area is 203 Å². The molecule has 1 aliphatic carbocycles. The number of likely N-dealkylation sites (tertiary alicyclic amines) is 1. The van der Waals surface area contributed by atoms with Crippen molar-refractivity contribution in [3.05, 3.63) is 46.2 Å². The van der Waals surface area contributed by atoms with Gasteiger partial charge in [-0.05, 0) is 61.8 Å². The van der Waals surface area contributed by atoms with Crippen molar-refractivity contribution in [3.8, 4) is 6.07 Å². The fourth-order valence-electron chi connectivity index (χ4n) is 4.28. The van der Waals surface area contributed by atoms with Crippen molar-refractivity contribution >= 4 is 44.8 Å². The van der Waals surface area contributed by atoms with Crippen molar-refractivity contribution in [1.82, 2.24) is 14.2 Å². The third kappa shape index (κ3) is 5.14. The molecule has 1 unspecified atom stereocenters. The molecule has 2 aromatic rings. The first-order valence-electron chi connectivity index (χ1n) is 10.7.